The minimum absolute atomic E-state index is 0.0311. The van der Waals surface area contributed by atoms with Crippen LogP contribution in [0.1, 0.15) is 27.2 Å². The zero-order valence-corrected chi connectivity index (χ0v) is 10.5. The van der Waals surface area contributed by atoms with Crippen molar-refractivity contribution in [1.82, 2.24) is 4.90 Å². The number of ether oxygens (including phenoxy) is 1. The Hall–Kier alpha value is -0.160. The van der Waals surface area contributed by atoms with Crippen molar-refractivity contribution >= 4 is 0 Å². The lowest BCUT2D eigenvalue weighted by Crippen LogP contribution is -2.43. The van der Waals surface area contributed by atoms with E-state index in [4.69, 9.17) is 15.6 Å². The molecule has 0 spiro atoms. The summed E-state index contributed by atoms with van der Waals surface area (Å²) >= 11 is 0. The number of aliphatic hydroxyl groups is 1. The van der Waals surface area contributed by atoms with E-state index in [2.05, 4.69) is 4.90 Å². The zero-order valence-electron chi connectivity index (χ0n) is 10.5. The highest BCUT2D eigenvalue weighted by Crippen LogP contribution is 2.04. The summed E-state index contributed by atoms with van der Waals surface area (Å²) in [7, 11) is 2.04. The van der Waals surface area contributed by atoms with E-state index in [0.717, 1.165) is 26.1 Å². The van der Waals surface area contributed by atoms with Crippen LogP contribution in [0.25, 0.3) is 0 Å². The molecular formula is C11H26N2O2. The maximum Gasteiger partial charge on any atom is 0.0608 e. The maximum atomic E-state index is 8.99. The van der Waals surface area contributed by atoms with Crippen molar-refractivity contribution in [1.29, 1.82) is 0 Å². The van der Waals surface area contributed by atoms with Gasteiger partial charge in [-0.2, -0.15) is 0 Å². The molecule has 0 bridgehead atoms. The molecule has 0 aromatic heterocycles. The molecule has 4 heteroatoms. The summed E-state index contributed by atoms with van der Waals surface area (Å²) in [5, 5.41) is 8.99. The first-order valence-corrected chi connectivity index (χ1v) is 5.57. The van der Waals surface area contributed by atoms with Crippen molar-refractivity contribution in [3.05, 3.63) is 0 Å². The lowest BCUT2D eigenvalue weighted by molar-refractivity contribution is 0.0618. The molecular weight excluding hydrogens is 192 g/mol. The Labute approximate surface area is 93.4 Å². The van der Waals surface area contributed by atoms with Crippen LogP contribution < -0.4 is 5.73 Å². The van der Waals surface area contributed by atoms with Crippen LogP contribution >= 0.6 is 0 Å². The quantitative estimate of drug-likeness (QED) is 0.621. The molecule has 15 heavy (non-hydrogen) atoms. The summed E-state index contributed by atoms with van der Waals surface area (Å²) < 4.78 is 5.45. The van der Waals surface area contributed by atoms with Gasteiger partial charge in [-0.05, 0) is 40.8 Å². The van der Waals surface area contributed by atoms with Gasteiger partial charge in [-0.25, -0.2) is 0 Å². The second kappa shape index (κ2) is 7.17. The van der Waals surface area contributed by atoms with E-state index >= 15 is 0 Å². The van der Waals surface area contributed by atoms with Crippen molar-refractivity contribution in [2.75, 3.05) is 33.4 Å². The minimum atomic E-state index is -0.465. The molecule has 0 saturated heterocycles. The average Bonchev–Trinajstić information content (AvgIpc) is 2.14. The van der Waals surface area contributed by atoms with Crippen molar-refractivity contribution in [2.24, 2.45) is 5.73 Å². The third kappa shape index (κ3) is 8.81. The van der Waals surface area contributed by atoms with Gasteiger partial charge in [-0.15, -0.1) is 0 Å². The Balaban J connectivity index is 3.53. The number of nitrogens with zero attached hydrogens (tertiary/aromatic N) is 1. The predicted molar refractivity (Wildman–Crippen MR) is 62.9 cm³/mol. The number of aliphatic hydroxyl groups excluding tert-OH is 1. The van der Waals surface area contributed by atoms with Crippen molar-refractivity contribution < 1.29 is 9.84 Å². The zero-order chi connectivity index (χ0) is 11.9. The van der Waals surface area contributed by atoms with Gasteiger partial charge in [0.1, 0.15) is 0 Å². The fourth-order valence-corrected chi connectivity index (χ4v) is 1.08. The molecule has 0 aliphatic rings. The monoisotopic (exact) mass is 218 g/mol. The first-order valence-electron chi connectivity index (χ1n) is 5.57. The van der Waals surface area contributed by atoms with Crippen molar-refractivity contribution in [2.45, 2.75) is 38.8 Å². The Morgan fingerprint density at radius 2 is 2.00 bits per heavy atom. The molecule has 0 aliphatic carbocycles. The summed E-state index contributed by atoms with van der Waals surface area (Å²) in [6.07, 6.45) is 1.08. The lowest BCUT2D eigenvalue weighted by Gasteiger charge is -2.25. The smallest absolute Gasteiger partial charge is 0.0608 e. The molecule has 0 heterocycles. The molecule has 4 nitrogen and oxygen atoms in total. The average molecular weight is 218 g/mol. The van der Waals surface area contributed by atoms with Crippen LogP contribution in [0.4, 0.5) is 0 Å². The third-order valence-corrected chi connectivity index (χ3v) is 2.35. The van der Waals surface area contributed by atoms with Crippen LogP contribution in [0, 0.1) is 0 Å². The Bertz CT molecular complexity index is 161. The highest BCUT2D eigenvalue weighted by molar-refractivity contribution is 4.78. The first-order chi connectivity index (χ1) is 6.87. The molecule has 3 N–H and O–H groups in total. The second-order valence-electron chi connectivity index (χ2n) is 4.78. The lowest BCUT2D eigenvalue weighted by atomic mass is 10.0. The molecule has 92 valence electrons. The van der Waals surface area contributed by atoms with Crippen LogP contribution in [0.15, 0.2) is 0 Å². The highest BCUT2D eigenvalue weighted by Gasteiger charge is 2.17. The Morgan fingerprint density at radius 1 is 1.40 bits per heavy atom. The first kappa shape index (κ1) is 14.8. The van der Waals surface area contributed by atoms with Crippen LogP contribution in [-0.2, 0) is 4.74 Å². The van der Waals surface area contributed by atoms with E-state index in [1.165, 1.54) is 0 Å². The standard InChI is InChI=1S/C11H26N2O2/c1-10(2)15-8-7-13(4)6-5-11(3,12)9-14/h10,14H,5-9,12H2,1-4H3. The van der Waals surface area contributed by atoms with Gasteiger partial charge in [0.05, 0.1) is 19.3 Å². The molecule has 0 saturated carbocycles. The fraction of sp³-hybridized carbons (Fsp3) is 1.00. The van der Waals surface area contributed by atoms with Crippen molar-refractivity contribution in [3.63, 3.8) is 0 Å². The van der Waals surface area contributed by atoms with Gasteiger partial charge in [-0.3, -0.25) is 0 Å². The number of hydrogen-bond donors (Lipinski definition) is 2. The fourth-order valence-electron chi connectivity index (χ4n) is 1.08. The maximum absolute atomic E-state index is 8.99. The highest BCUT2D eigenvalue weighted by atomic mass is 16.5. The van der Waals surface area contributed by atoms with E-state index in [0.29, 0.717) is 0 Å². The molecule has 1 unspecified atom stereocenters. The van der Waals surface area contributed by atoms with Crippen LogP contribution in [-0.4, -0.2) is 55.0 Å². The summed E-state index contributed by atoms with van der Waals surface area (Å²) in [6.45, 7) is 8.49. The Morgan fingerprint density at radius 3 is 2.47 bits per heavy atom. The van der Waals surface area contributed by atoms with E-state index in [9.17, 15) is 0 Å². The summed E-state index contributed by atoms with van der Waals surface area (Å²) in [5.74, 6) is 0. The topological polar surface area (TPSA) is 58.7 Å². The summed E-state index contributed by atoms with van der Waals surface area (Å²) in [4.78, 5) is 2.17. The molecule has 1 atom stereocenters. The van der Waals surface area contributed by atoms with Gasteiger partial charge in [0.25, 0.3) is 0 Å². The van der Waals surface area contributed by atoms with Crippen LogP contribution in [0.5, 0.6) is 0 Å². The van der Waals surface area contributed by atoms with E-state index in [1.54, 1.807) is 0 Å². The van der Waals surface area contributed by atoms with Gasteiger partial charge in [0, 0.05) is 12.1 Å². The molecule has 0 amide bonds. The largest absolute Gasteiger partial charge is 0.394 e. The van der Waals surface area contributed by atoms with Gasteiger partial charge in [0.15, 0.2) is 0 Å². The van der Waals surface area contributed by atoms with Crippen LogP contribution in [0.3, 0.4) is 0 Å². The van der Waals surface area contributed by atoms with Crippen molar-refractivity contribution in [3.8, 4) is 0 Å². The number of hydrogen-bond acceptors (Lipinski definition) is 4. The SMILES string of the molecule is CC(C)OCCN(C)CCC(C)(N)CO. The molecule has 0 radical (unpaired) electrons. The number of likely N-dealkylation sites (N-methyl/N-ethyl adjacent to an activating group) is 1. The van der Waals surface area contributed by atoms with E-state index in [1.807, 2.05) is 27.8 Å². The normalized spacial score (nSPS) is 16.0. The summed E-state index contributed by atoms with van der Waals surface area (Å²) in [6, 6.07) is 0. The molecule has 0 rings (SSSR count). The van der Waals surface area contributed by atoms with Gasteiger partial charge < -0.3 is 20.5 Å². The van der Waals surface area contributed by atoms with Gasteiger partial charge in [-0.1, -0.05) is 0 Å². The molecule has 0 aliphatic heterocycles. The van der Waals surface area contributed by atoms with Crippen LogP contribution in [0.2, 0.25) is 0 Å². The second-order valence-corrected chi connectivity index (χ2v) is 4.78. The number of rotatable bonds is 8. The Kier molecular flexibility index (Phi) is 7.09. The predicted octanol–water partition coefficient (Wildman–Crippen LogP) is 0.443. The molecule has 0 aromatic rings. The van der Waals surface area contributed by atoms with Gasteiger partial charge >= 0.3 is 0 Å². The van der Waals surface area contributed by atoms with E-state index in [-0.39, 0.29) is 12.7 Å². The molecule has 0 fully saturated rings. The summed E-state index contributed by atoms with van der Waals surface area (Å²) in [5.41, 5.74) is 5.37. The minimum Gasteiger partial charge on any atom is -0.394 e. The molecule has 0 aromatic carbocycles. The van der Waals surface area contributed by atoms with Gasteiger partial charge in [0.2, 0.25) is 0 Å². The number of nitrogens with two attached hydrogens (primary N) is 1. The van der Waals surface area contributed by atoms with E-state index < -0.39 is 5.54 Å². The third-order valence-electron chi connectivity index (χ3n) is 2.35.